The Morgan fingerprint density at radius 1 is 1.21 bits per heavy atom. The van der Waals surface area contributed by atoms with Crippen molar-refractivity contribution in [2.75, 3.05) is 13.6 Å². The standard InChI is InChI=1S/C22H33N7/c1-15(14-19-16(2)27-28(6)17(19)3)25-22(23-5)24-12-9-13-29-18(4)26-20-10-7-8-11-21(20)29/h7-8,10-11,15H,9,12-14H2,1-6H3,(H2,23,24,25). The Hall–Kier alpha value is -2.83. The predicted molar refractivity (Wildman–Crippen MR) is 119 cm³/mol. The zero-order valence-corrected chi connectivity index (χ0v) is 18.5. The molecular formula is C22H33N7. The van der Waals surface area contributed by atoms with Gasteiger partial charge in [0.2, 0.25) is 0 Å². The van der Waals surface area contributed by atoms with Gasteiger partial charge in [-0.15, -0.1) is 0 Å². The summed E-state index contributed by atoms with van der Waals surface area (Å²) in [4.78, 5) is 9.01. The van der Waals surface area contributed by atoms with E-state index >= 15 is 0 Å². The van der Waals surface area contributed by atoms with E-state index < -0.39 is 0 Å². The van der Waals surface area contributed by atoms with Crippen LogP contribution in [0.2, 0.25) is 0 Å². The number of fused-ring (bicyclic) bond motifs is 1. The third-order valence-corrected chi connectivity index (χ3v) is 5.47. The molecule has 0 amide bonds. The molecule has 0 radical (unpaired) electrons. The Labute approximate surface area is 173 Å². The molecule has 2 N–H and O–H groups in total. The second-order valence-corrected chi connectivity index (χ2v) is 7.67. The Bertz CT molecular complexity index is 996. The normalized spacial score (nSPS) is 13.1. The van der Waals surface area contributed by atoms with Crippen LogP contribution in [0.3, 0.4) is 0 Å². The number of hydrogen-bond donors (Lipinski definition) is 2. The number of nitrogens with zero attached hydrogens (tertiary/aromatic N) is 5. The zero-order valence-electron chi connectivity index (χ0n) is 18.5. The Morgan fingerprint density at radius 2 is 1.97 bits per heavy atom. The van der Waals surface area contributed by atoms with Gasteiger partial charge in [0.1, 0.15) is 5.82 Å². The molecule has 0 bridgehead atoms. The number of imidazole rings is 1. The highest BCUT2D eigenvalue weighted by Gasteiger charge is 2.14. The molecule has 7 nitrogen and oxygen atoms in total. The molecular weight excluding hydrogens is 362 g/mol. The average Bonchev–Trinajstić information content (AvgIpc) is 3.14. The maximum absolute atomic E-state index is 4.64. The van der Waals surface area contributed by atoms with Gasteiger partial charge in [0.05, 0.1) is 16.7 Å². The molecule has 29 heavy (non-hydrogen) atoms. The van der Waals surface area contributed by atoms with E-state index in [0.717, 1.165) is 48.9 Å². The van der Waals surface area contributed by atoms with Crippen LogP contribution in [0.15, 0.2) is 29.3 Å². The maximum atomic E-state index is 4.64. The number of rotatable bonds is 7. The van der Waals surface area contributed by atoms with Crippen LogP contribution in [0.1, 0.15) is 36.1 Å². The van der Waals surface area contributed by atoms with Gasteiger partial charge in [0.25, 0.3) is 0 Å². The van der Waals surface area contributed by atoms with Crippen molar-refractivity contribution in [3.63, 3.8) is 0 Å². The smallest absolute Gasteiger partial charge is 0.191 e. The number of aliphatic imine (C=N–C) groups is 1. The number of aromatic nitrogens is 4. The first-order chi connectivity index (χ1) is 13.9. The van der Waals surface area contributed by atoms with Gasteiger partial charge < -0.3 is 15.2 Å². The zero-order chi connectivity index (χ0) is 21.0. The summed E-state index contributed by atoms with van der Waals surface area (Å²) in [7, 11) is 3.81. The fourth-order valence-corrected chi connectivity index (χ4v) is 3.82. The van der Waals surface area contributed by atoms with Crippen molar-refractivity contribution >= 4 is 17.0 Å². The van der Waals surface area contributed by atoms with Crippen LogP contribution in [0, 0.1) is 20.8 Å². The minimum Gasteiger partial charge on any atom is -0.356 e. The third kappa shape index (κ3) is 4.78. The number of benzene rings is 1. The predicted octanol–water partition coefficient (Wildman–Crippen LogP) is 2.88. The van der Waals surface area contributed by atoms with Crippen LogP contribution in [0.4, 0.5) is 0 Å². The van der Waals surface area contributed by atoms with Crippen molar-refractivity contribution in [2.45, 2.75) is 53.1 Å². The first-order valence-electron chi connectivity index (χ1n) is 10.3. The van der Waals surface area contributed by atoms with Gasteiger partial charge in [-0.3, -0.25) is 9.67 Å². The number of aryl methyl sites for hydroxylation is 4. The van der Waals surface area contributed by atoms with E-state index in [9.17, 15) is 0 Å². The summed E-state index contributed by atoms with van der Waals surface area (Å²) in [5.74, 6) is 1.90. The molecule has 0 fully saturated rings. The molecule has 0 saturated carbocycles. The van der Waals surface area contributed by atoms with Gasteiger partial charge in [0, 0.05) is 38.9 Å². The number of hydrogen-bond acceptors (Lipinski definition) is 3. The third-order valence-electron chi connectivity index (χ3n) is 5.47. The first kappa shape index (κ1) is 20.9. The highest BCUT2D eigenvalue weighted by atomic mass is 15.3. The fourth-order valence-electron chi connectivity index (χ4n) is 3.82. The summed E-state index contributed by atoms with van der Waals surface area (Å²) >= 11 is 0. The van der Waals surface area contributed by atoms with Crippen molar-refractivity contribution in [1.29, 1.82) is 0 Å². The van der Waals surface area contributed by atoms with Crippen LogP contribution in [-0.2, 0) is 20.0 Å². The van der Waals surface area contributed by atoms with Crippen molar-refractivity contribution in [2.24, 2.45) is 12.0 Å². The lowest BCUT2D eigenvalue weighted by Gasteiger charge is -2.18. The average molecular weight is 396 g/mol. The van der Waals surface area contributed by atoms with Gasteiger partial charge in [-0.05, 0) is 58.2 Å². The van der Waals surface area contributed by atoms with Gasteiger partial charge in [-0.1, -0.05) is 12.1 Å². The molecule has 7 heteroatoms. The van der Waals surface area contributed by atoms with Crippen molar-refractivity contribution in [3.8, 4) is 0 Å². The lowest BCUT2D eigenvalue weighted by atomic mass is 10.1. The molecule has 3 rings (SSSR count). The van der Waals surface area contributed by atoms with E-state index in [2.05, 4.69) is 76.2 Å². The minimum absolute atomic E-state index is 0.266. The molecule has 0 spiro atoms. The number of guanidine groups is 1. The molecule has 1 atom stereocenters. The molecule has 1 aromatic carbocycles. The van der Waals surface area contributed by atoms with Crippen molar-refractivity contribution in [1.82, 2.24) is 30.0 Å². The summed E-state index contributed by atoms with van der Waals surface area (Å²) in [5.41, 5.74) is 5.89. The number of nitrogens with one attached hydrogen (secondary N) is 2. The van der Waals surface area contributed by atoms with Crippen LogP contribution in [-0.4, -0.2) is 44.9 Å². The summed E-state index contributed by atoms with van der Waals surface area (Å²) < 4.78 is 4.23. The molecule has 2 heterocycles. The van der Waals surface area contributed by atoms with Crippen molar-refractivity contribution < 1.29 is 0 Å². The Kier molecular flexibility index (Phi) is 6.56. The summed E-state index contributed by atoms with van der Waals surface area (Å²) in [6.45, 7) is 10.2. The van der Waals surface area contributed by atoms with Crippen LogP contribution >= 0.6 is 0 Å². The summed E-state index contributed by atoms with van der Waals surface area (Å²) in [6, 6.07) is 8.56. The van der Waals surface area contributed by atoms with Gasteiger partial charge in [-0.2, -0.15) is 5.10 Å². The number of para-hydroxylation sites is 2. The van der Waals surface area contributed by atoms with Crippen LogP contribution in [0.5, 0.6) is 0 Å². The summed E-state index contributed by atoms with van der Waals surface area (Å²) in [6.07, 6.45) is 1.92. The highest BCUT2D eigenvalue weighted by Crippen LogP contribution is 2.16. The van der Waals surface area contributed by atoms with Gasteiger partial charge >= 0.3 is 0 Å². The second kappa shape index (κ2) is 9.11. The van der Waals surface area contributed by atoms with E-state index in [1.807, 2.05) is 24.8 Å². The molecule has 0 aliphatic carbocycles. The molecule has 0 aliphatic rings. The fraction of sp³-hybridized carbons (Fsp3) is 0.500. The quantitative estimate of drug-likeness (QED) is 0.367. The largest absolute Gasteiger partial charge is 0.356 e. The highest BCUT2D eigenvalue weighted by molar-refractivity contribution is 5.80. The molecule has 156 valence electrons. The molecule has 0 saturated heterocycles. The SMILES string of the molecule is CN=C(NCCCn1c(C)nc2ccccc21)NC(C)Cc1c(C)nn(C)c1C. The Morgan fingerprint density at radius 3 is 2.66 bits per heavy atom. The lowest BCUT2D eigenvalue weighted by Crippen LogP contribution is -2.43. The molecule has 0 aliphatic heterocycles. The van der Waals surface area contributed by atoms with Crippen LogP contribution < -0.4 is 10.6 Å². The first-order valence-corrected chi connectivity index (χ1v) is 10.3. The van der Waals surface area contributed by atoms with E-state index in [1.165, 1.54) is 16.8 Å². The maximum Gasteiger partial charge on any atom is 0.191 e. The van der Waals surface area contributed by atoms with Gasteiger partial charge in [0.15, 0.2) is 5.96 Å². The minimum atomic E-state index is 0.266. The lowest BCUT2D eigenvalue weighted by molar-refractivity contribution is 0.605. The van der Waals surface area contributed by atoms with E-state index in [-0.39, 0.29) is 6.04 Å². The van der Waals surface area contributed by atoms with E-state index in [0.29, 0.717) is 0 Å². The summed E-state index contributed by atoms with van der Waals surface area (Å²) in [5, 5.41) is 11.4. The van der Waals surface area contributed by atoms with E-state index in [4.69, 9.17) is 0 Å². The molecule has 3 aromatic rings. The topological polar surface area (TPSA) is 72.1 Å². The van der Waals surface area contributed by atoms with E-state index in [1.54, 1.807) is 0 Å². The Balaban J connectivity index is 1.49. The molecule has 1 unspecified atom stereocenters. The monoisotopic (exact) mass is 395 g/mol. The molecule has 2 aromatic heterocycles. The van der Waals surface area contributed by atoms with Crippen LogP contribution in [0.25, 0.3) is 11.0 Å². The van der Waals surface area contributed by atoms with Crippen molar-refractivity contribution in [3.05, 3.63) is 47.0 Å². The second-order valence-electron chi connectivity index (χ2n) is 7.67. The van der Waals surface area contributed by atoms with Gasteiger partial charge in [-0.25, -0.2) is 4.98 Å².